The Kier molecular flexibility index (Phi) is 5.76. The summed E-state index contributed by atoms with van der Waals surface area (Å²) in [5.74, 6) is 0.478. The number of aliphatic hydroxyl groups is 1. The van der Waals surface area contributed by atoms with Crippen LogP contribution in [0.2, 0.25) is 0 Å². The molecule has 21 heavy (non-hydrogen) atoms. The van der Waals surface area contributed by atoms with E-state index >= 15 is 0 Å². The molecule has 0 saturated carbocycles. The number of carbonyl (C=O) groups is 1. The lowest BCUT2D eigenvalue weighted by molar-refractivity contribution is -0.128. The van der Waals surface area contributed by atoms with E-state index in [1.807, 2.05) is 18.2 Å². The summed E-state index contributed by atoms with van der Waals surface area (Å²) in [6, 6.07) is 10.5. The van der Waals surface area contributed by atoms with Crippen molar-refractivity contribution in [3.63, 3.8) is 0 Å². The van der Waals surface area contributed by atoms with Gasteiger partial charge >= 0.3 is 0 Å². The van der Waals surface area contributed by atoms with Gasteiger partial charge in [-0.25, -0.2) is 0 Å². The molecular formula is C17H26N2O2. The molecule has 0 aromatic heterocycles. The fourth-order valence-electron chi connectivity index (χ4n) is 2.82. The third-order valence-corrected chi connectivity index (χ3v) is 4.29. The number of hydrogen-bond donors (Lipinski definition) is 2. The minimum absolute atomic E-state index is 0.182. The SMILES string of the molecule is CC1CCN([C@H](CNC(=O)[C@@H](C)O)c2ccccc2)CC1. The largest absolute Gasteiger partial charge is 0.384 e. The molecule has 1 fully saturated rings. The average molecular weight is 290 g/mol. The summed E-state index contributed by atoms with van der Waals surface area (Å²) in [6.07, 6.45) is 1.45. The summed E-state index contributed by atoms with van der Waals surface area (Å²) in [5, 5.41) is 12.2. The molecular weight excluding hydrogens is 264 g/mol. The Hall–Kier alpha value is -1.39. The van der Waals surface area contributed by atoms with Crippen LogP contribution in [0.15, 0.2) is 30.3 Å². The van der Waals surface area contributed by atoms with Crippen molar-refractivity contribution < 1.29 is 9.90 Å². The van der Waals surface area contributed by atoms with Crippen LogP contribution < -0.4 is 5.32 Å². The Morgan fingerprint density at radius 1 is 1.33 bits per heavy atom. The number of amides is 1. The van der Waals surface area contributed by atoms with Crippen molar-refractivity contribution in [1.29, 1.82) is 0 Å². The maximum Gasteiger partial charge on any atom is 0.248 e. The van der Waals surface area contributed by atoms with E-state index in [1.165, 1.54) is 25.3 Å². The molecule has 1 saturated heterocycles. The van der Waals surface area contributed by atoms with Crippen LogP contribution in [0.1, 0.15) is 38.3 Å². The second kappa shape index (κ2) is 7.57. The summed E-state index contributed by atoms with van der Waals surface area (Å²) < 4.78 is 0. The molecule has 1 heterocycles. The second-order valence-electron chi connectivity index (χ2n) is 6.07. The van der Waals surface area contributed by atoms with Gasteiger partial charge in [-0.1, -0.05) is 37.3 Å². The molecule has 1 aromatic carbocycles. The monoisotopic (exact) mass is 290 g/mol. The molecule has 2 rings (SSSR count). The molecule has 0 unspecified atom stereocenters. The fraction of sp³-hybridized carbons (Fsp3) is 0.588. The van der Waals surface area contributed by atoms with E-state index in [0.29, 0.717) is 6.54 Å². The molecule has 1 aromatic rings. The number of aliphatic hydroxyl groups excluding tert-OH is 1. The van der Waals surface area contributed by atoms with E-state index in [-0.39, 0.29) is 11.9 Å². The van der Waals surface area contributed by atoms with Crippen molar-refractivity contribution in [1.82, 2.24) is 10.2 Å². The standard InChI is InChI=1S/C17H26N2O2/c1-13-8-10-19(11-9-13)16(12-18-17(21)14(2)20)15-6-4-3-5-7-15/h3-7,13-14,16,20H,8-12H2,1-2H3,(H,18,21)/t14-,16-/m1/s1. The van der Waals surface area contributed by atoms with E-state index < -0.39 is 6.10 Å². The van der Waals surface area contributed by atoms with Gasteiger partial charge in [0.05, 0.1) is 6.04 Å². The summed E-state index contributed by atoms with van der Waals surface area (Å²) >= 11 is 0. The molecule has 1 amide bonds. The molecule has 4 nitrogen and oxygen atoms in total. The highest BCUT2D eigenvalue weighted by Gasteiger charge is 2.25. The molecule has 0 bridgehead atoms. The third kappa shape index (κ3) is 4.55. The highest BCUT2D eigenvalue weighted by Crippen LogP contribution is 2.26. The number of hydrogen-bond acceptors (Lipinski definition) is 3. The van der Waals surface area contributed by atoms with Gasteiger partial charge in [0.2, 0.25) is 5.91 Å². The minimum Gasteiger partial charge on any atom is -0.384 e. The van der Waals surface area contributed by atoms with Crippen LogP contribution in [0.5, 0.6) is 0 Å². The fourth-order valence-corrected chi connectivity index (χ4v) is 2.82. The zero-order chi connectivity index (χ0) is 15.2. The first-order valence-electron chi connectivity index (χ1n) is 7.82. The van der Waals surface area contributed by atoms with Crippen LogP contribution in [0.25, 0.3) is 0 Å². The van der Waals surface area contributed by atoms with Crippen LogP contribution in [-0.4, -0.2) is 41.7 Å². The first kappa shape index (κ1) is 16.0. The number of piperidine rings is 1. The second-order valence-corrected chi connectivity index (χ2v) is 6.07. The highest BCUT2D eigenvalue weighted by molar-refractivity contribution is 5.80. The molecule has 1 aliphatic heterocycles. The number of nitrogens with zero attached hydrogens (tertiary/aromatic N) is 1. The summed E-state index contributed by atoms with van der Waals surface area (Å²) in [7, 11) is 0. The van der Waals surface area contributed by atoms with Crippen molar-refractivity contribution >= 4 is 5.91 Å². The lowest BCUT2D eigenvalue weighted by atomic mass is 9.95. The topological polar surface area (TPSA) is 52.6 Å². The quantitative estimate of drug-likeness (QED) is 0.871. The van der Waals surface area contributed by atoms with Gasteiger partial charge in [0.25, 0.3) is 0 Å². The molecule has 116 valence electrons. The summed E-state index contributed by atoms with van der Waals surface area (Å²) in [6.45, 7) is 6.46. The van der Waals surface area contributed by atoms with Gasteiger partial charge in [-0.3, -0.25) is 9.69 Å². The lowest BCUT2D eigenvalue weighted by Gasteiger charge is -2.37. The zero-order valence-corrected chi connectivity index (χ0v) is 13.0. The summed E-state index contributed by atoms with van der Waals surface area (Å²) in [5.41, 5.74) is 1.22. The normalized spacial score (nSPS) is 20.0. The smallest absolute Gasteiger partial charge is 0.248 e. The van der Waals surface area contributed by atoms with Crippen LogP contribution in [0.3, 0.4) is 0 Å². The van der Waals surface area contributed by atoms with E-state index in [0.717, 1.165) is 19.0 Å². The molecule has 2 N–H and O–H groups in total. The maximum atomic E-state index is 11.6. The van der Waals surface area contributed by atoms with Crippen molar-refractivity contribution in [3.05, 3.63) is 35.9 Å². The van der Waals surface area contributed by atoms with Crippen molar-refractivity contribution in [2.24, 2.45) is 5.92 Å². The van der Waals surface area contributed by atoms with Crippen molar-refractivity contribution in [2.45, 2.75) is 38.8 Å². The molecule has 1 aliphatic rings. The maximum absolute atomic E-state index is 11.6. The Labute approximate surface area is 127 Å². The predicted octanol–water partition coefficient (Wildman–Crippen LogP) is 1.96. The minimum atomic E-state index is -0.956. The Morgan fingerprint density at radius 3 is 2.52 bits per heavy atom. The van der Waals surface area contributed by atoms with Crippen LogP contribution in [0.4, 0.5) is 0 Å². The van der Waals surface area contributed by atoms with E-state index in [4.69, 9.17) is 0 Å². The first-order valence-corrected chi connectivity index (χ1v) is 7.82. The van der Waals surface area contributed by atoms with E-state index in [1.54, 1.807) is 0 Å². The molecule has 0 spiro atoms. The van der Waals surface area contributed by atoms with Crippen LogP contribution in [-0.2, 0) is 4.79 Å². The van der Waals surface area contributed by atoms with E-state index in [9.17, 15) is 9.90 Å². The third-order valence-electron chi connectivity index (χ3n) is 4.29. The molecule has 4 heteroatoms. The van der Waals surface area contributed by atoms with Crippen LogP contribution in [0, 0.1) is 5.92 Å². The van der Waals surface area contributed by atoms with Crippen LogP contribution >= 0.6 is 0 Å². The van der Waals surface area contributed by atoms with E-state index in [2.05, 4.69) is 29.3 Å². The number of carbonyl (C=O) groups excluding carboxylic acids is 1. The number of benzene rings is 1. The van der Waals surface area contributed by atoms with Gasteiger partial charge in [-0.2, -0.15) is 0 Å². The Bertz CT molecular complexity index is 439. The van der Waals surface area contributed by atoms with Gasteiger partial charge in [0.1, 0.15) is 6.10 Å². The first-order chi connectivity index (χ1) is 10.1. The highest BCUT2D eigenvalue weighted by atomic mass is 16.3. The Morgan fingerprint density at radius 2 is 1.95 bits per heavy atom. The summed E-state index contributed by atoms with van der Waals surface area (Å²) in [4.78, 5) is 14.1. The van der Waals surface area contributed by atoms with Gasteiger partial charge in [0.15, 0.2) is 0 Å². The lowest BCUT2D eigenvalue weighted by Crippen LogP contribution is -2.43. The average Bonchev–Trinajstić information content (AvgIpc) is 2.50. The predicted molar refractivity (Wildman–Crippen MR) is 83.8 cm³/mol. The zero-order valence-electron chi connectivity index (χ0n) is 13.0. The van der Waals surface area contributed by atoms with Gasteiger partial charge in [-0.05, 0) is 44.3 Å². The van der Waals surface area contributed by atoms with Crippen molar-refractivity contribution in [2.75, 3.05) is 19.6 Å². The molecule has 0 aliphatic carbocycles. The van der Waals surface area contributed by atoms with Gasteiger partial charge in [0, 0.05) is 6.54 Å². The molecule has 2 atom stereocenters. The Balaban J connectivity index is 2.05. The van der Waals surface area contributed by atoms with Gasteiger partial charge in [-0.15, -0.1) is 0 Å². The van der Waals surface area contributed by atoms with Gasteiger partial charge < -0.3 is 10.4 Å². The number of nitrogens with one attached hydrogen (secondary N) is 1. The van der Waals surface area contributed by atoms with Crippen molar-refractivity contribution in [3.8, 4) is 0 Å². The number of rotatable bonds is 5. The number of likely N-dealkylation sites (tertiary alicyclic amines) is 1. The molecule has 0 radical (unpaired) electrons.